The Balaban J connectivity index is 1.91. The number of nitrogens with one attached hydrogen (secondary N) is 2. The average Bonchev–Trinajstić information content (AvgIpc) is 3.16. The number of aromatic nitrogens is 1. The molecule has 25 heavy (non-hydrogen) atoms. The Bertz CT molecular complexity index is 647. The molecule has 0 bridgehead atoms. The number of ether oxygens (including phenoxy) is 1. The first kappa shape index (κ1) is 19.0. The van der Waals surface area contributed by atoms with E-state index in [0.29, 0.717) is 11.5 Å². The smallest absolute Gasteiger partial charge is 0.344 e. The minimum Gasteiger partial charge on any atom is -0.449 e. The van der Waals surface area contributed by atoms with Gasteiger partial charge in [0.05, 0.1) is 5.69 Å². The average molecular weight is 351 g/mol. The number of carbonyl (C=O) groups is 3. The van der Waals surface area contributed by atoms with Crippen molar-refractivity contribution < 1.29 is 23.6 Å². The van der Waals surface area contributed by atoms with E-state index in [9.17, 15) is 14.4 Å². The molecule has 3 amide bonds. The van der Waals surface area contributed by atoms with Gasteiger partial charge in [-0.2, -0.15) is 0 Å². The van der Waals surface area contributed by atoms with Crippen LogP contribution < -0.4 is 10.6 Å². The third-order valence-electron chi connectivity index (χ3n) is 4.20. The van der Waals surface area contributed by atoms with Gasteiger partial charge in [0.25, 0.3) is 5.91 Å². The maximum absolute atomic E-state index is 12.3. The fraction of sp³-hybridized carbons (Fsp3) is 0.647. The Hall–Kier alpha value is -2.38. The fourth-order valence-corrected chi connectivity index (χ4v) is 2.81. The molecule has 1 aliphatic carbocycles. The van der Waals surface area contributed by atoms with Crippen LogP contribution in [0.4, 0.5) is 4.79 Å². The van der Waals surface area contributed by atoms with Crippen LogP contribution in [0.15, 0.2) is 4.52 Å². The highest BCUT2D eigenvalue weighted by Crippen LogP contribution is 2.23. The Morgan fingerprint density at radius 1 is 1.20 bits per heavy atom. The highest BCUT2D eigenvalue weighted by molar-refractivity contribution is 5.99. The van der Waals surface area contributed by atoms with Crippen molar-refractivity contribution in [1.29, 1.82) is 0 Å². The van der Waals surface area contributed by atoms with E-state index in [2.05, 4.69) is 15.8 Å². The Kier molecular flexibility index (Phi) is 6.17. The van der Waals surface area contributed by atoms with Crippen LogP contribution >= 0.6 is 0 Å². The van der Waals surface area contributed by atoms with Gasteiger partial charge >= 0.3 is 12.0 Å². The quantitative estimate of drug-likeness (QED) is 0.788. The Morgan fingerprint density at radius 2 is 1.84 bits per heavy atom. The molecule has 0 aliphatic heterocycles. The maximum atomic E-state index is 12.3. The molecule has 1 fully saturated rings. The van der Waals surface area contributed by atoms with Crippen LogP contribution in [-0.4, -0.2) is 35.2 Å². The van der Waals surface area contributed by atoms with Gasteiger partial charge in [-0.05, 0) is 26.7 Å². The summed E-state index contributed by atoms with van der Waals surface area (Å²) in [6, 6.07) is -0.470. The molecule has 1 atom stereocenters. The first-order valence-electron chi connectivity index (χ1n) is 8.58. The molecule has 0 aromatic carbocycles. The van der Waals surface area contributed by atoms with E-state index in [1.807, 2.05) is 13.8 Å². The predicted molar refractivity (Wildman–Crippen MR) is 89.1 cm³/mol. The van der Waals surface area contributed by atoms with Crippen LogP contribution in [0.3, 0.4) is 0 Å². The summed E-state index contributed by atoms with van der Waals surface area (Å²) in [5.74, 6) is -1.01. The maximum Gasteiger partial charge on any atom is 0.344 e. The number of nitrogens with zero attached hydrogens (tertiary/aromatic N) is 1. The number of aryl methyl sites for hydroxylation is 1. The van der Waals surface area contributed by atoms with Gasteiger partial charge in [-0.25, -0.2) is 9.59 Å². The van der Waals surface area contributed by atoms with E-state index in [-0.39, 0.29) is 17.5 Å². The van der Waals surface area contributed by atoms with E-state index in [1.54, 1.807) is 6.92 Å². The number of imide groups is 1. The minimum atomic E-state index is -1.11. The molecule has 138 valence electrons. The van der Waals surface area contributed by atoms with Crippen molar-refractivity contribution in [2.75, 3.05) is 0 Å². The lowest BCUT2D eigenvalue weighted by molar-refractivity contribution is -0.127. The van der Waals surface area contributed by atoms with Crippen LogP contribution in [0.1, 0.15) is 74.2 Å². The molecule has 1 aliphatic rings. The molecule has 2 rings (SSSR count). The summed E-state index contributed by atoms with van der Waals surface area (Å²) >= 11 is 0. The van der Waals surface area contributed by atoms with Gasteiger partial charge in [0.15, 0.2) is 11.9 Å². The third-order valence-corrected chi connectivity index (χ3v) is 4.20. The number of urea groups is 1. The second kappa shape index (κ2) is 8.13. The zero-order valence-electron chi connectivity index (χ0n) is 15.0. The van der Waals surface area contributed by atoms with Crippen molar-refractivity contribution >= 4 is 17.9 Å². The Morgan fingerprint density at radius 3 is 2.44 bits per heavy atom. The van der Waals surface area contributed by atoms with Crippen LogP contribution in [0.25, 0.3) is 0 Å². The summed E-state index contributed by atoms with van der Waals surface area (Å²) < 4.78 is 10.3. The van der Waals surface area contributed by atoms with Gasteiger partial charge < -0.3 is 14.6 Å². The van der Waals surface area contributed by atoms with Gasteiger partial charge in [-0.1, -0.05) is 31.8 Å². The molecule has 0 radical (unpaired) electrons. The molecule has 0 spiro atoms. The summed E-state index contributed by atoms with van der Waals surface area (Å²) in [5.41, 5.74) is 0.630. The van der Waals surface area contributed by atoms with E-state index < -0.39 is 24.0 Å². The van der Waals surface area contributed by atoms with Gasteiger partial charge in [0.1, 0.15) is 5.56 Å². The van der Waals surface area contributed by atoms with Crippen LogP contribution in [-0.2, 0) is 9.53 Å². The predicted octanol–water partition coefficient (Wildman–Crippen LogP) is 2.42. The summed E-state index contributed by atoms with van der Waals surface area (Å²) in [6.45, 7) is 6.76. The fourth-order valence-electron chi connectivity index (χ4n) is 2.81. The third kappa shape index (κ3) is 4.80. The SMILES string of the molecule is Cc1noc(C(C)C)c1C(=O)O[C@H](C)C(=O)NC(=O)NC1CCCC1. The molecule has 1 heterocycles. The molecular formula is C17H25N3O5. The normalized spacial score (nSPS) is 15.9. The molecule has 1 aromatic heterocycles. The van der Waals surface area contributed by atoms with E-state index in [0.717, 1.165) is 25.7 Å². The zero-order chi connectivity index (χ0) is 18.6. The van der Waals surface area contributed by atoms with Crippen LogP contribution in [0.2, 0.25) is 0 Å². The molecule has 1 aromatic rings. The van der Waals surface area contributed by atoms with E-state index in [4.69, 9.17) is 9.26 Å². The number of rotatable bonds is 5. The van der Waals surface area contributed by atoms with E-state index >= 15 is 0 Å². The van der Waals surface area contributed by atoms with Gasteiger partial charge in [0.2, 0.25) is 0 Å². The first-order chi connectivity index (χ1) is 11.8. The summed E-state index contributed by atoms with van der Waals surface area (Å²) in [7, 11) is 0. The first-order valence-corrected chi connectivity index (χ1v) is 8.58. The molecule has 8 nitrogen and oxygen atoms in total. The largest absolute Gasteiger partial charge is 0.449 e. The summed E-state index contributed by atoms with van der Waals surface area (Å²) in [4.78, 5) is 36.2. The standard InChI is InChI=1S/C17H25N3O5/c1-9(2)14-13(10(3)20-25-14)16(22)24-11(4)15(21)19-17(23)18-12-7-5-6-8-12/h9,11-12H,5-8H2,1-4H3,(H2,18,19,21,23)/t11-/m1/s1. The van der Waals surface area contributed by atoms with Crippen molar-refractivity contribution in [2.24, 2.45) is 0 Å². The summed E-state index contributed by atoms with van der Waals surface area (Å²) in [6.07, 6.45) is 2.86. The molecule has 0 saturated heterocycles. The van der Waals surface area contributed by atoms with Crippen molar-refractivity contribution in [1.82, 2.24) is 15.8 Å². The second-order valence-corrected chi connectivity index (χ2v) is 6.65. The number of amides is 3. The molecule has 8 heteroatoms. The van der Waals surface area contributed by atoms with Gasteiger partial charge in [0, 0.05) is 12.0 Å². The number of esters is 1. The van der Waals surface area contributed by atoms with Crippen molar-refractivity contribution in [3.63, 3.8) is 0 Å². The van der Waals surface area contributed by atoms with E-state index in [1.165, 1.54) is 6.92 Å². The number of hydrogen-bond acceptors (Lipinski definition) is 6. The van der Waals surface area contributed by atoms with Gasteiger partial charge in [-0.15, -0.1) is 0 Å². The number of hydrogen-bond donors (Lipinski definition) is 2. The topological polar surface area (TPSA) is 111 Å². The zero-order valence-corrected chi connectivity index (χ0v) is 15.0. The summed E-state index contributed by atoms with van der Waals surface area (Å²) in [5, 5.41) is 8.72. The monoisotopic (exact) mass is 351 g/mol. The van der Waals surface area contributed by atoms with Crippen molar-refractivity contribution in [2.45, 2.75) is 71.4 Å². The molecule has 0 unspecified atom stereocenters. The second-order valence-electron chi connectivity index (χ2n) is 6.65. The Labute approximate surface area is 146 Å². The van der Waals surface area contributed by atoms with Crippen LogP contribution in [0, 0.1) is 6.92 Å². The minimum absolute atomic E-state index is 0.0509. The number of carbonyl (C=O) groups excluding carboxylic acids is 3. The lowest BCUT2D eigenvalue weighted by Gasteiger charge is -2.15. The lowest BCUT2D eigenvalue weighted by atomic mass is 10.1. The van der Waals surface area contributed by atoms with Gasteiger partial charge in [-0.3, -0.25) is 10.1 Å². The van der Waals surface area contributed by atoms with Crippen molar-refractivity contribution in [3.05, 3.63) is 17.0 Å². The van der Waals surface area contributed by atoms with Crippen molar-refractivity contribution in [3.8, 4) is 0 Å². The molecule has 2 N–H and O–H groups in total. The molecule has 1 saturated carbocycles. The van der Waals surface area contributed by atoms with Crippen LogP contribution in [0.5, 0.6) is 0 Å². The highest BCUT2D eigenvalue weighted by Gasteiger charge is 2.28. The molecular weight excluding hydrogens is 326 g/mol. The lowest BCUT2D eigenvalue weighted by Crippen LogP contribution is -2.47. The highest BCUT2D eigenvalue weighted by atomic mass is 16.5.